The Kier molecular flexibility index (Phi) is 3.77. The highest BCUT2D eigenvalue weighted by Gasteiger charge is 2.30. The van der Waals surface area contributed by atoms with Crippen molar-refractivity contribution in [2.24, 2.45) is 10.9 Å². The summed E-state index contributed by atoms with van der Waals surface area (Å²) < 4.78 is 0. The number of fused-ring (bicyclic) bond motifs is 1. The van der Waals surface area contributed by atoms with Crippen LogP contribution in [0.25, 0.3) is 0 Å². The Morgan fingerprint density at radius 2 is 2.17 bits per heavy atom. The summed E-state index contributed by atoms with van der Waals surface area (Å²) in [4.78, 5) is 16.0. The van der Waals surface area contributed by atoms with Gasteiger partial charge in [-0.3, -0.25) is 9.79 Å². The number of hydrogen-bond acceptors (Lipinski definition) is 3. The van der Waals surface area contributed by atoms with Crippen molar-refractivity contribution in [3.63, 3.8) is 0 Å². The lowest BCUT2D eigenvalue weighted by Crippen LogP contribution is -2.46. The maximum Gasteiger partial charge on any atom is 0.241 e. The van der Waals surface area contributed by atoms with E-state index in [-0.39, 0.29) is 12.5 Å². The fourth-order valence-electron chi connectivity index (χ4n) is 2.72. The highest BCUT2D eigenvalue weighted by molar-refractivity contribution is 8.13. The largest absolute Gasteiger partial charge is 0.362 e. The van der Waals surface area contributed by atoms with E-state index in [0.29, 0.717) is 12.1 Å². The van der Waals surface area contributed by atoms with Gasteiger partial charge in [-0.25, -0.2) is 0 Å². The van der Waals surface area contributed by atoms with E-state index in [4.69, 9.17) is 0 Å². The molecule has 2 N–H and O–H groups in total. The summed E-state index contributed by atoms with van der Waals surface area (Å²) in [5, 5.41) is 7.46. The molecule has 1 heterocycles. The molecule has 2 aliphatic carbocycles. The minimum atomic E-state index is 0.0677. The summed E-state index contributed by atoms with van der Waals surface area (Å²) in [6.45, 7) is 0.281. The molecule has 4 nitrogen and oxygen atoms in total. The van der Waals surface area contributed by atoms with E-state index < -0.39 is 0 Å². The van der Waals surface area contributed by atoms with Crippen molar-refractivity contribution in [1.29, 1.82) is 0 Å². The van der Waals surface area contributed by atoms with Gasteiger partial charge in [-0.15, -0.1) is 0 Å². The third-order valence-electron chi connectivity index (χ3n) is 3.96. The second kappa shape index (κ2) is 5.51. The van der Waals surface area contributed by atoms with Crippen LogP contribution in [0.5, 0.6) is 0 Å². The molecule has 2 unspecified atom stereocenters. The van der Waals surface area contributed by atoms with Crippen molar-refractivity contribution in [3.05, 3.63) is 0 Å². The SMILES string of the molecule is O=C(CN=C1NC2CCCCC2CS1)NC1CC1. The van der Waals surface area contributed by atoms with Crippen molar-refractivity contribution >= 4 is 22.8 Å². The molecule has 2 atom stereocenters. The van der Waals surface area contributed by atoms with E-state index in [0.717, 1.165) is 23.9 Å². The van der Waals surface area contributed by atoms with Crippen LogP contribution >= 0.6 is 11.8 Å². The highest BCUT2D eigenvalue weighted by Crippen LogP contribution is 2.31. The van der Waals surface area contributed by atoms with Crippen LogP contribution in [0.1, 0.15) is 38.5 Å². The third-order valence-corrected chi connectivity index (χ3v) is 5.08. The van der Waals surface area contributed by atoms with Gasteiger partial charge < -0.3 is 10.6 Å². The van der Waals surface area contributed by atoms with Gasteiger partial charge in [0.2, 0.25) is 5.91 Å². The Bertz CT molecular complexity index is 354. The zero-order chi connectivity index (χ0) is 12.4. The van der Waals surface area contributed by atoms with E-state index >= 15 is 0 Å². The number of hydrogen-bond donors (Lipinski definition) is 2. The summed E-state index contributed by atoms with van der Waals surface area (Å²) in [7, 11) is 0. The van der Waals surface area contributed by atoms with Gasteiger partial charge >= 0.3 is 0 Å². The van der Waals surface area contributed by atoms with E-state index in [1.165, 1.54) is 31.4 Å². The summed E-state index contributed by atoms with van der Waals surface area (Å²) in [6, 6.07) is 1.04. The average molecular weight is 267 g/mol. The number of carbonyl (C=O) groups is 1. The fourth-order valence-corrected chi connectivity index (χ4v) is 3.88. The van der Waals surface area contributed by atoms with Crippen LogP contribution in [0, 0.1) is 5.92 Å². The van der Waals surface area contributed by atoms with Crippen LogP contribution in [0.3, 0.4) is 0 Å². The van der Waals surface area contributed by atoms with Crippen LogP contribution in [0.2, 0.25) is 0 Å². The Labute approximate surface area is 112 Å². The molecule has 0 bridgehead atoms. The Morgan fingerprint density at radius 3 is 3.00 bits per heavy atom. The van der Waals surface area contributed by atoms with E-state index in [1.807, 2.05) is 0 Å². The molecular formula is C13H21N3OS. The van der Waals surface area contributed by atoms with Gasteiger partial charge in [0.05, 0.1) is 0 Å². The molecule has 3 fully saturated rings. The highest BCUT2D eigenvalue weighted by atomic mass is 32.2. The monoisotopic (exact) mass is 267 g/mol. The first-order valence-corrected chi connectivity index (χ1v) is 8.03. The summed E-state index contributed by atoms with van der Waals surface area (Å²) >= 11 is 1.78. The van der Waals surface area contributed by atoms with Crippen molar-refractivity contribution in [1.82, 2.24) is 10.6 Å². The van der Waals surface area contributed by atoms with Gasteiger partial charge in [-0.1, -0.05) is 24.6 Å². The normalized spacial score (nSPS) is 33.7. The molecule has 0 spiro atoms. The zero-order valence-electron chi connectivity index (χ0n) is 10.7. The fraction of sp³-hybridized carbons (Fsp3) is 0.846. The average Bonchev–Trinajstić information content (AvgIpc) is 3.20. The molecule has 18 heavy (non-hydrogen) atoms. The molecule has 2 saturated carbocycles. The lowest BCUT2D eigenvalue weighted by molar-refractivity contribution is -0.119. The maximum absolute atomic E-state index is 11.6. The molecule has 1 amide bonds. The maximum atomic E-state index is 11.6. The van der Waals surface area contributed by atoms with E-state index in [2.05, 4.69) is 15.6 Å². The number of nitrogens with one attached hydrogen (secondary N) is 2. The minimum Gasteiger partial charge on any atom is -0.362 e. The number of amidine groups is 1. The van der Waals surface area contributed by atoms with Crippen LogP contribution < -0.4 is 10.6 Å². The van der Waals surface area contributed by atoms with Gasteiger partial charge in [0.15, 0.2) is 5.17 Å². The van der Waals surface area contributed by atoms with Crippen LogP contribution in [0.4, 0.5) is 0 Å². The van der Waals surface area contributed by atoms with Gasteiger partial charge in [0.1, 0.15) is 6.54 Å². The van der Waals surface area contributed by atoms with Crippen molar-refractivity contribution in [2.75, 3.05) is 12.3 Å². The van der Waals surface area contributed by atoms with Crippen LogP contribution in [0.15, 0.2) is 4.99 Å². The first-order valence-electron chi connectivity index (χ1n) is 7.04. The Balaban J connectivity index is 1.48. The number of nitrogens with zero attached hydrogens (tertiary/aromatic N) is 1. The predicted octanol–water partition coefficient (Wildman–Crippen LogP) is 1.52. The first-order chi connectivity index (χ1) is 8.81. The molecule has 0 radical (unpaired) electrons. The van der Waals surface area contributed by atoms with Crippen molar-refractivity contribution in [2.45, 2.75) is 50.6 Å². The number of carbonyl (C=O) groups excluding carboxylic acids is 1. The molecular weight excluding hydrogens is 246 g/mol. The number of aliphatic imine (C=N–C) groups is 1. The minimum absolute atomic E-state index is 0.0677. The molecule has 3 rings (SSSR count). The number of rotatable bonds is 3. The van der Waals surface area contributed by atoms with Gasteiger partial charge in [0, 0.05) is 17.8 Å². The van der Waals surface area contributed by atoms with Gasteiger partial charge in [0.25, 0.3) is 0 Å². The Hall–Kier alpha value is -0.710. The third kappa shape index (κ3) is 3.19. The second-order valence-electron chi connectivity index (χ2n) is 5.57. The lowest BCUT2D eigenvalue weighted by Gasteiger charge is -2.36. The Morgan fingerprint density at radius 1 is 1.33 bits per heavy atom. The standard InChI is InChI=1S/C13H21N3OS/c17-12(15-10-5-6-10)7-14-13-16-11-4-2-1-3-9(11)8-18-13/h9-11H,1-8H2,(H,14,16)(H,15,17). The number of amides is 1. The molecule has 0 aromatic carbocycles. The topological polar surface area (TPSA) is 53.5 Å². The van der Waals surface area contributed by atoms with Crippen molar-refractivity contribution < 1.29 is 4.79 Å². The smallest absolute Gasteiger partial charge is 0.241 e. The van der Waals surface area contributed by atoms with Crippen LogP contribution in [-0.2, 0) is 4.79 Å². The molecule has 100 valence electrons. The predicted molar refractivity (Wildman–Crippen MR) is 74.8 cm³/mol. The molecule has 1 aliphatic heterocycles. The number of thioether (sulfide) groups is 1. The molecule has 1 saturated heterocycles. The summed E-state index contributed by atoms with van der Waals surface area (Å²) in [5.74, 6) is 2.04. The van der Waals surface area contributed by atoms with Gasteiger partial charge in [-0.05, 0) is 31.6 Å². The molecule has 5 heteroatoms. The van der Waals surface area contributed by atoms with Crippen LogP contribution in [-0.4, -0.2) is 35.5 Å². The molecule has 0 aromatic heterocycles. The van der Waals surface area contributed by atoms with Crippen molar-refractivity contribution in [3.8, 4) is 0 Å². The first kappa shape index (κ1) is 12.3. The van der Waals surface area contributed by atoms with Gasteiger partial charge in [-0.2, -0.15) is 0 Å². The molecule has 3 aliphatic rings. The van der Waals surface area contributed by atoms with E-state index in [9.17, 15) is 4.79 Å². The summed E-state index contributed by atoms with van der Waals surface area (Å²) in [5.41, 5.74) is 0. The summed E-state index contributed by atoms with van der Waals surface area (Å²) in [6.07, 6.45) is 7.59. The zero-order valence-corrected chi connectivity index (χ0v) is 11.5. The second-order valence-corrected chi connectivity index (χ2v) is 6.58. The quantitative estimate of drug-likeness (QED) is 0.815. The molecule has 0 aromatic rings. The van der Waals surface area contributed by atoms with E-state index in [1.54, 1.807) is 11.8 Å². The lowest BCUT2D eigenvalue weighted by atomic mass is 9.86.